The van der Waals surface area contributed by atoms with Gasteiger partial charge in [0, 0.05) is 27.4 Å². The molecule has 2 bridgehead atoms. The first kappa shape index (κ1) is 26.9. The molecule has 0 N–H and O–H groups in total. The van der Waals surface area contributed by atoms with Gasteiger partial charge in [0.2, 0.25) is 0 Å². The molecule has 0 spiro atoms. The van der Waals surface area contributed by atoms with Crippen molar-refractivity contribution < 1.29 is 19.2 Å². The Morgan fingerprint density at radius 1 is 0.667 bits per heavy atom. The molecule has 0 radical (unpaired) electrons. The van der Waals surface area contributed by atoms with Gasteiger partial charge in [0.05, 0.1) is 22.4 Å². The Kier molecular flexibility index (Phi) is 6.46. The molecule has 1 heterocycles. The van der Waals surface area contributed by atoms with Crippen LogP contribution in [0.1, 0.15) is 54.8 Å². The van der Waals surface area contributed by atoms with E-state index in [1.54, 1.807) is 12.1 Å². The summed E-state index contributed by atoms with van der Waals surface area (Å²) in [5.41, 5.74) is 4.29. The zero-order valence-electron chi connectivity index (χ0n) is 21.8. The van der Waals surface area contributed by atoms with Gasteiger partial charge in [0.15, 0.2) is 5.78 Å². The van der Waals surface area contributed by atoms with E-state index >= 15 is 0 Å². The summed E-state index contributed by atoms with van der Waals surface area (Å²) in [6.45, 7) is -0.564. The third-order valence-electron chi connectivity index (χ3n) is 8.52. The lowest BCUT2D eigenvalue weighted by atomic mass is 9.55. The van der Waals surface area contributed by atoms with E-state index in [-0.39, 0.29) is 28.0 Å². The maximum absolute atomic E-state index is 14.4. The minimum Gasteiger partial charge on any atom is -0.292 e. The molecule has 4 aliphatic rings. The molecule has 0 unspecified atom stereocenters. The first-order valence-corrected chi connectivity index (χ1v) is 14.5. The van der Waals surface area contributed by atoms with Crippen LogP contribution >= 0.6 is 34.8 Å². The Labute approximate surface area is 256 Å². The zero-order chi connectivity index (χ0) is 29.3. The summed E-state index contributed by atoms with van der Waals surface area (Å²) < 4.78 is 0. The van der Waals surface area contributed by atoms with Crippen LogP contribution in [0.5, 0.6) is 0 Å². The SMILES string of the molecule is O=C(CN(C(=O)c1ccc(Cl)cc1Cl)N1C(=O)[C@@H]2C3c4ccccc4C(c4ccccc43)[C@H]2C1=O)c1ccc(Cl)cc1. The fourth-order valence-corrected chi connectivity index (χ4v) is 7.41. The van der Waals surface area contributed by atoms with Crippen molar-refractivity contribution in [3.8, 4) is 0 Å². The van der Waals surface area contributed by atoms with Crippen LogP contribution in [0.3, 0.4) is 0 Å². The molecule has 42 heavy (non-hydrogen) atoms. The number of imide groups is 1. The number of hydrogen-bond acceptors (Lipinski definition) is 4. The highest BCUT2D eigenvalue weighted by atomic mass is 35.5. The molecule has 8 rings (SSSR count). The number of carbonyl (C=O) groups is 4. The van der Waals surface area contributed by atoms with Gasteiger partial charge in [0.1, 0.15) is 6.54 Å². The van der Waals surface area contributed by atoms with E-state index in [1.165, 1.54) is 30.3 Å². The molecule has 4 aromatic rings. The lowest BCUT2D eigenvalue weighted by Crippen LogP contribution is -2.52. The van der Waals surface area contributed by atoms with Crippen LogP contribution in [-0.2, 0) is 9.59 Å². The van der Waals surface area contributed by atoms with Crippen molar-refractivity contribution >= 4 is 58.3 Å². The Bertz CT molecular complexity index is 1710. The van der Waals surface area contributed by atoms with Gasteiger partial charge in [-0.2, -0.15) is 5.01 Å². The summed E-state index contributed by atoms with van der Waals surface area (Å²) >= 11 is 18.5. The molecule has 6 nitrogen and oxygen atoms in total. The van der Waals surface area contributed by atoms with E-state index in [0.29, 0.717) is 10.0 Å². The van der Waals surface area contributed by atoms with Crippen LogP contribution < -0.4 is 0 Å². The van der Waals surface area contributed by atoms with Crippen LogP contribution in [-0.4, -0.2) is 40.1 Å². The molecule has 208 valence electrons. The Balaban J connectivity index is 1.34. The summed E-state index contributed by atoms with van der Waals surface area (Å²) in [6.07, 6.45) is 0. The van der Waals surface area contributed by atoms with Crippen molar-refractivity contribution in [3.63, 3.8) is 0 Å². The second-order valence-electron chi connectivity index (χ2n) is 10.7. The quantitative estimate of drug-likeness (QED) is 0.183. The second kappa shape index (κ2) is 10.1. The first-order chi connectivity index (χ1) is 20.3. The molecule has 3 amide bonds. The number of Topliss-reactive ketones (excluding diaryl/α,β-unsaturated/α-hetero) is 1. The molecule has 1 fully saturated rings. The highest BCUT2D eigenvalue weighted by Crippen LogP contribution is 2.61. The van der Waals surface area contributed by atoms with Crippen molar-refractivity contribution in [2.24, 2.45) is 11.8 Å². The van der Waals surface area contributed by atoms with Crippen molar-refractivity contribution in [1.82, 2.24) is 10.0 Å². The highest BCUT2D eigenvalue weighted by molar-refractivity contribution is 6.37. The van der Waals surface area contributed by atoms with Crippen LogP contribution in [0.25, 0.3) is 0 Å². The van der Waals surface area contributed by atoms with E-state index < -0.39 is 41.9 Å². The molecule has 1 aliphatic heterocycles. The van der Waals surface area contributed by atoms with E-state index in [2.05, 4.69) is 0 Å². The lowest BCUT2D eigenvalue weighted by molar-refractivity contribution is -0.154. The van der Waals surface area contributed by atoms with Gasteiger partial charge < -0.3 is 0 Å². The fourth-order valence-electron chi connectivity index (χ4n) is 6.80. The average Bonchev–Trinajstić information content (AvgIpc) is 3.25. The maximum Gasteiger partial charge on any atom is 0.274 e. The number of halogens is 3. The topological polar surface area (TPSA) is 74.8 Å². The van der Waals surface area contributed by atoms with Crippen molar-refractivity contribution in [1.29, 1.82) is 0 Å². The van der Waals surface area contributed by atoms with E-state index in [0.717, 1.165) is 32.3 Å². The molecular weight excluding hydrogens is 595 g/mol. The smallest absolute Gasteiger partial charge is 0.274 e. The molecule has 1 saturated heterocycles. The third-order valence-corrected chi connectivity index (χ3v) is 9.32. The largest absolute Gasteiger partial charge is 0.292 e. The van der Waals surface area contributed by atoms with E-state index in [9.17, 15) is 19.2 Å². The number of ketones is 1. The molecular formula is C33H21Cl3N2O4. The van der Waals surface area contributed by atoms with Gasteiger partial charge in [-0.05, 0) is 64.7 Å². The molecule has 3 aliphatic carbocycles. The predicted molar refractivity (Wildman–Crippen MR) is 159 cm³/mol. The van der Waals surface area contributed by atoms with Crippen molar-refractivity contribution in [2.45, 2.75) is 11.8 Å². The van der Waals surface area contributed by atoms with Gasteiger partial charge in [-0.3, -0.25) is 19.2 Å². The molecule has 2 atom stereocenters. The molecule has 0 saturated carbocycles. The average molecular weight is 616 g/mol. The highest BCUT2D eigenvalue weighted by Gasteiger charge is 2.63. The van der Waals surface area contributed by atoms with Gasteiger partial charge in [-0.25, -0.2) is 5.01 Å². The third kappa shape index (κ3) is 4.01. The zero-order valence-corrected chi connectivity index (χ0v) is 24.1. The summed E-state index contributed by atoms with van der Waals surface area (Å²) in [4.78, 5) is 56.3. The predicted octanol–water partition coefficient (Wildman–Crippen LogP) is 6.78. The Morgan fingerprint density at radius 3 is 1.62 bits per heavy atom. The molecule has 4 aromatic carbocycles. The van der Waals surface area contributed by atoms with E-state index in [1.807, 2.05) is 48.5 Å². The number of rotatable bonds is 5. The summed E-state index contributed by atoms with van der Waals surface area (Å²) in [6, 6.07) is 26.2. The monoisotopic (exact) mass is 614 g/mol. The van der Waals surface area contributed by atoms with Crippen LogP contribution in [0, 0.1) is 11.8 Å². The number of amides is 3. The van der Waals surface area contributed by atoms with Gasteiger partial charge in [-0.1, -0.05) is 83.3 Å². The fraction of sp³-hybridized carbons (Fsp3) is 0.152. The minimum atomic E-state index is -0.762. The Morgan fingerprint density at radius 2 is 1.14 bits per heavy atom. The van der Waals surface area contributed by atoms with Gasteiger partial charge in [-0.15, -0.1) is 0 Å². The second-order valence-corrected chi connectivity index (χ2v) is 12.0. The van der Waals surface area contributed by atoms with E-state index in [4.69, 9.17) is 34.8 Å². The van der Waals surface area contributed by atoms with Crippen LogP contribution in [0.4, 0.5) is 0 Å². The number of nitrogens with zero attached hydrogens (tertiary/aromatic N) is 2. The minimum absolute atomic E-state index is 0.00925. The lowest BCUT2D eigenvalue weighted by Gasteiger charge is -2.45. The first-order valence-electron chi connectivity index (χ1n) is 13.4. The summed E-state index contributed by atoms with van der Waals surface area (Å²) in [7, 11) is 0. The van der Waals surface area contributed by atoms with Crippen molar-refractivity contribution in [2.75, 3.05) is 6.54 Å². The normalized spacial score (nSPS) is 21.5. The number of hydrazine groups is 1. The number of carbonyl (C=O) groups excluding carboxylic acids is 4. The Hall–Kier alpha value is -3.97. The van der Waals surface area contributed by atoms with Crippen molar-refractivity contribution in [3.05, 3.63) is 139 Å². The van der Waals surface area contributed by atoms with Gasteiger partial charge >= 0.3 is 0 Å². The number of benzene rings is 4. The van der Waals surface area contributed by atoms with Gasteiger partial charge in [0.25, 0.3) is 17.7 Å². The number of hydrogen-bond donors (Lipinski definition) is 0. The molecule has 0 aromatic heterocycles. The maximum atomic E-state index is 14.4. The molecule has 9 heteroatoms. The summed E-state index contributed by atoms with van der Waals surface area (Å²) in [5, 5.41) is 2.61. The summed E-state index contributed by atoms with van der Waals surface area (Å²) in [5.74, 6) is -4.47. The standard InChI is InChI=1S/C33H21Cl3N2O4/c34-18-11-9-17(10-12-18)26(39)16-37(31(40)24-14-13-19(35)15-25(24)36)38-32(41)29-27-20-5-1-2-6-21(20)28(30(29)33(38)42)23-8-4-3-7-22(23)27/h1-15,27-30H,16H2/t27?,28?,29-,30-/m1/s1. The van der Waals surface area contributed by atoms with Crippen LogP contribution in [0.2, 0.25) is 15.1 Å². The van der Waals surface area contributed by atoms with Crippen LogP contribution in [0.15, 0.2) is 91.0 Å².